The number of hydrogen-bond donors (Lipinski definition) is 0. The molecular formula is C19H20ClNO5S. The number of likely N-dealkylation sites (N-methyl/N-ethyl adjacent to an activating group) is 1. The van der Waals surface area contributed by atoms with Crippen LogP contribution in [0.25, 0.3) is 0 Å². The van der Waals surface area contributed by atoms with Gasteiger partial charge in [-0.15, -0.1) is 0 Å². The van der Waals surface area contributed by atoms with Crippen LogP contribution in [0.5, 0.6) is 0 Å². The number of amides is 1. The van der Waals surface area contributed by atoms with Crippen LogP contribution in [0, 0.1) is 0 Å². The van der Waals surface area contributed by atoms with Crippen molar-refractivity contribution in [3.05, 3.63) is 59.6 Å². The summed E-state index contributed by atoms with van der Waals surface area (Å²) in [5.41, 5.74) is 0.700. The molecule has 8 heteroatoms. The maximum absolute atomic E-state index is 12.3. The van der Waals surface area contributed by atoms with Gasteiger partial charge in [-0.05, 0) is 43.3 Å². The van der Waals surface area contributed by atoms with Gasteiger partial charge in [0.05, 0.1) is 17.1 Å². The maximum Gasteiger partial charge on any atom is 0.307 e. The van der Waals surface area contributed by atoms with E-state index < -0.39 is 28.2 Å². The van der Waals surface area contributed by atoms with Crippen molar-refractivity contribution in [1.29, 1.82) is 0 Å². The maximum atomic E-state index is 12.3. The van der Waals surface area contributed by atoms with E-state index in [9.17, 15) is 18.0 Å². The van der Waals surface area contributed by atoms with Gasteiger partial charge in [-0.1, -0.05) is 29.8 Å². The number of sulfone groups is 1. The van der Waals surface area contributed by atoms with E-state index in [2.05, 4.69) is 0 Å². The van der Waals surface area contributed by atoms with E-state index in [0.29, 0.717) is 17.3 Å². The molecule has 27 heavy (non-hydrogen) atoms. The molecule has 1 amide bonds. The fourth-order valence-electron chi connectivity index (χ4n) is 2.38. The minimum atomic E-state index is -3.63. The molecule has 6 nitrogen and oxygen atoms in total. The van der Waals surface area contributed by atoms with Gasteiger partial charge in [-0.3, -0.25) is 9.59 Å². The third-order valence-corrected chi connectivity index (χ3v) is 5.77. The van der Waals surface area contributed by atoms with E-state index in [1.54, 1.807) is 24.3 Å². The fourth-order valence-corrected chi connectivity index (χ4v) is 3.73. The molecule has 0 aliphatic rings. The lowest BCUT2D eigenvalue weighted by atomic mass is 10.3. The number of anilines is 1. The van der Waals surface area contributed by atoms with E-state index in [1.165, 1.54) is 29.2 Å². The highest BCUT2D eigenvalue weighted by Gasteiger charge is 2.19. The number of ether oxygens (including phenoxy) is 1. The number of para-hydroxylation sites is 1. The molecule has 2 aromatic rings. The van der Waals surface area contributed by atoms with Crippen molar-refractivity contribution in [2.24, 2.45) is 0 Å². The largest absolute Gasteiger partial charge is 0.456 e. The summed E-state index contributed by atoms with van der Waals surface area (Å²) in [6.45, 7) is 1.79. The minimum Gasteiger partial charge on any atom is -0.456 e. The summed E-state index contributed by atoms with van der Waals surface area (Å²) >= 11 is 5.74. The zero-order chi connectivity index (χ0) is 19.9. The van der Waals surface area contributed by atoms with Crippen LogP contribution >= 0.6 is 11.6 Å². The average Bonchev–Trinajstić information content (AvgIpc) is 2.66. The van der Waals surface area contributed by atoms with Crippen LogP contribution in [0.4, 0.5) is 5.69 Å². The molecule has 0 saturated carbocycles. The number of rotatable bonds is 8. The highest BCUT2D eigenvalue weighted by atomic mass is 35.5. The van der Waals surface area contributed by atoms with Crippen molar-refractivity contribution < 1.29 is 22.7 Å². The number of halogens is 1. The Bertz CT molecular complexity index is 882. The molecule has 2 aromatic carbocycles. The van der Waals surface area contributed by atoms with Gasteiger partial charge >= 0.3 is 5.97 Å². The normalized spacial score (nSPS) is 11.0. The molecule has 0 N–H and O–H groups in total. The summed E-state index contributed by atoms with van der Waals surface area (Å²) in [5, 5.41) is 0.422. The van der Waals surface area contributed by atoms with Gasteiger partial charge in [0.15, 0.2) is 16.4 Å². The van der Waals surface area contributed by atoms with Gasteiger partial charge < -0.3 is 9.64 Å². The van der Waals surface area contributed by atoms with Crippen molar-refractivity contribution in [2.45, 2.75) is 18.2 Å². The molecule has 0 fully saturated rings. The molecule has 0 radical (unpaired) electrons. The van der Waals surface area contributed by atoms with Crippen molar-refractivity contribution in [2.75, 3.05) is 23.8 Å². The predicted octanol–water partition coefficient (Wildman–Crippen LogP) is 3.10. The smallest absolute Gasteiger partial charge is 0.307 e. The topological polar surface area (TPSA) is 80.8 Å². The lowest BCUT2D eigenvalue weighted by Gasteiger charge is -2.20. The second-order valence-corrected chi connectivity index (χ2v) is 8.20. The number of hydrogen-bond acceptors (Lipinski definition) is 5. The summed E-state index contributed by atoms with van der Waals surface area (Å²) in [7, 11) is -3.63. The van der Waals surface area contributed by atoms with Gasteiger partial charge in [0.2, 0.25) is 0 Å². The van der Waals surface area contributed by atoms with Gasteiger partial charge in [-0.25, -0.2) is 8.42 Å². The zero-order valence-corrected chi connectivity index (χ0v) is 16.4. The Morgan fingerprint density at radius 2 is 1.67 bits per heavy atom. The van der Waals surface area contributed by atoms with Crippen molar-refractivity contribution in [3.8, 4) is 0 Å². The summed E-state index contributed by atoms with van der Waals surface area (Å²) in [4.78, 5) is 25.7. The molecule has 0 spiro atoms. The minimum absolute atomic E-state index is 0.0806. The Balaban J connectivity index is 1.86. The number of esters is 1. The number of carbonyl (C=O) groups is 2. The lowest BCUT2D eigenvalue weighted by Crippen LogP contribution is -2.34. The highest BCUT2D eigenvalue weighted by molar-refractivity contribution is 7.91. The summed E-state index contributed by atoms with van der Waals surface area (Å²) in [5.74, 6) is -1.53. The van der Waals surface area contributed by atoms with Gasteiger partial charge in [0.1, 0.15) is 0 Å². The first-order chi connectivity index (χ1) is 12.8. The van der Waals surface area contributed by atoms with Gasteiger partial charge in [0.25, 0.3) is 5.91 Å². The molecule has 0 aliphatic carbocycles. The van der Waals surface area contributed by atoms with Crippen LogP contribution in [0.1, 0.15) is 13.3 Å². The summed E-state index contributed by atoms with van der Waals surface area (Å²) < 4.78 is 29.3. The van der Waals surface area contributed by atoms with E-state index in [1.807, 2.05) is 13.0 Å². The summed E-state index contributed by atoms with van der Waals surface area (Å²) in [6, 6.07) is 14.7. The molecule has 0 aromatic heterocycles. The first-order valence-electron chi connectivity index (χ1n) is 8.33. The molecule has 0 atom stereocenters. The molecule has 2 rings (SSSR count). The first kappa shape index (κ1) is 20.9. The Morgan fingerprint density at radius 3 is 2.26 bits per heavy atom. The van der Waals surface area contributed by atoms with Crippen molar-refractivity contribution in [1.82, 2.24) is 0 Å². The Hall–Kier alpha value is -2.38. The van der Waals surface area contributed by atoms with E-state index in [0.717, 1.165) is 0 Å². The van der Waals surface area contributed by atoms with E-state index in [4.69, 9.17) is 16.3 Å². The average molecular weight is 410 g/mol. The Morgan fingerprint density at radius 1 is 1.04 bits per heavy atom. The molecule has 0 bridgehead atoms. The molecule has 144 valence electrons. The third-order valence-electron chi connectivity index (χ3n) is 3.79. The predicted molar refractivity (Wildman–Crippen MR) is 104 cm³/mol. The van der Waals surface area contributed by atoms with Crippen LogP contribution < -0.4 is 4.90 Å². The number of nitrogens with zero attached hydrogens (tertiary/aromatic N) is 1. The zero-order valence-electron chi connectivity index (χ0n) is 14.8. The van der Waals surface area contributed by atoms with Crippen molar-refractivity contribution >= 4 is 39.0 Å². The molecule has 0 saturated heterocycles. The summed E-state index contributed by atoms with van der Waals surface area (Å²) in [6.07, 6.45) is -0.338. The molecule has 0 aliphatic heterocycles. The van der Waals surface area contributed by atoms with Crippen LogP contribution in [-0.2, 0) is 24.2 Å². The van der Waals surface area contributed by atoms with Crippen LogP contribution in [0.3, 0.4) is 0 Å². The molecular weight excluding hydrogens is 390 g/mol. The first-order valence-corrected chi connectivity index (χ1v) is 10.4. The quantitative estimate of drug-likeness (QED) is 0.626. The van der Waals surface area contributed by atoms with E-state index in [-0.39, 0.29) is 17.2 Å². The second-order valence-electron chi connectivity index (χ2n) is 5.66. The lowest BCUT2D eigenvalue weighted by molar-refractivity contribution is -0.147. The van der Waals surface area contributed by atoms with Gasteiger partial charge in [0, 0.05) is 17.3 Å². The monoisotopic (exact) mass is 409 g/mol. The highest BCUT2D eigenvalue weighted by Crippen LogP contribution is 2.16. The molecule has 0 unspecified atom stereocenters. The third kappa shape index (κ3) is 6.08. The second kappa shape index (κ2) is 9.53. The number of carbonyl (C=O) groups excluding carboxylic acids is 2. The Labute approximate surface area is 163 Å². The standard InChI is InChI=1S/C19H20ClNO5S/c1-2-21(16-6-4-3-5-7-16)18(22)14-26-19(23)12-13-27(24,25)17-10-8-15(20)9-11-17/h3-11H,2,12-14H2,1H3. The van der Waals surface area contributed by atoms with E-state index >= 15 is 0 Å². The molecule has 0 heterocycles. The van der Waals surface area contributed by atoms with Crippen LogP contribution in [-0.4, -0.2) is 39.2 Å². The van der Waals surface area contributed by atoms with Crippen LogP contribution in [0.15, 0.2) is 59.5 Å². The van der Waals surface area contributed by atoms with Crippen molar-refractivity contribution in [3.63, 3.8) is 0 Å². The SMILES string of the molecule is CCN(C(=O)COC(=O)CCS(=O)(=O)c1ccc(Cl)cc1)c1ccccc1. The number of benzene rings is 2. The van der Waals surface area contributed by atoms with Crippen LogP contribution in [0.2, 0.25) is 5.02 Å². The fraction of sp³-hybridized carbons (Fsp3) is 0.263. The Kier molecular flexibility index (Phi) is 7.38. The van der Waals surface area contributed by atoms with Gasteiger partial charge in [-0.2, -0.15) is 0 Å².